The second-order valence-corrected chi connectivity index (χ2v) is 8.99. The summed E-state index contributed by atoms with van der Waals surface area (Å²) < 4.78 is 21.3. The number of carbonyl (C=O) groups excluding carboxylic acids is 1. The lowest BCUT2D eigenvalue weighted by Gasteiger charge is -2.12. The topological polar surface area (TPSA) is 62.1 Å². The molecule has 0 saturated carbocycles. The van der Waals surface area contributed by atoms with Crippen molar-refractivity contribution >= 4 is 65.5 Å². The Morgan fingerprint density at radius 2 is 1.74 bits per heavy atom. The minimum absolute atomic E-state index is 0.0462. The van der Waals surface area contributed by atoms with Gasteiger partial charge in [-0.25, -0.2) is 4.39 Å². The number of ether oxygens (including phenoxy) is 1. The molecular weight excluding hydrogens is 595 g/mol. The molecule has 0 bridgehead atoms. The number of carbonyl (C=O) groups is 1. The summed E-state index contributed by atoms with van der Waals surface area (Å²) in [4.78, 5) is 12.5. The molecule has 0 saturated heterocycles. The maximum absolute atomic E-state index is 13.3. The molecule has 0 spiro atoms. The zero-order chi connectivity index (χ0) is 22.4. The van der Waals surface area contributed by atoms with Crippen LogP contribution in [0.3, 0.4) is 0 Å². The molecule has 3 aromatic carbocycles. The Bertz CT molecular complexity index is 1170. The molecule has 0 aliphatic heterocycles. The highest BCUT2D eigenvalue weighted by Crippen LogP contribution is 2.36. The maximum atomic E-state index is 13.3. The van der Waals surface area contributed by atoms with Crippen molar-refractivity contribution in [3.8, 4) is 11.8 Å². The third-order valence-corrected chi connectivity index (χ3v) is 5.78. The number of nitrogens with one attached hydrogen (secondary N) is 1. The van der Waals surface area contributed by atoms with Gasteiger partial charge in [0.2, 0.25) is 0 Å². The monoisotopic (exact) mass is 606 g/mol. The van der Waals surface area contributed by atoms with Crippen LogP contribution >= 0.6 is 47.8 Å². The second-order valence-electron chi connectivity index (χ2n) is 6.36. The molecule has 1 N–H and O–H groups in total. The van der Waals surface area contributed by atoms with Crippen LogP contribution in [-0.2, 0) is 11.4 Å². The molecule has 0 aliphatic carbocycles. The van der Waals surface area contributed by atoms with Crippen molar-refractivity contribution in [3.05, 3.63) is 96.6 Å². The highest BCUT2D eigenvalue weighted by Gasteiger charge is 2.13. The predicted octanol–water partition coefficient (Wildman–Crippen LogP) is 7.24. The molecular formula is C23H14Br3FN2O2. The average molecular weight is 609 g/mol. The fraction of sp³-hybridized carbons (Fsp3) is 0.0435. The van der Waals surface area contributed by atoms with E-state index in [-0.39, 0.29) is 18.0 Å². The van der Waals surface area contributed by atoms with Crippen LogP contribution < -0.4 is 10.1 Å². The van der Waals surface area contributed by atoms with Gasteiger partial charge in [-0.05, 0) is 97.6 Å². The van der Waals surface area contributed by atoms with Crippen molar-refractivity contribution in [2.24, 2.45) is 0 Å². The number of hydrogen-bond acceptors (Lipinski definition) is 3. The van der Waals surface area contributed by atoms with Crippen molar-refractivity contribution in [3.63, 3.8) is 0 Å². The van der Waals surface area contributed by atoms with Gasteiger partial charge in [-0.3, -0.25) is 4.79 Å². The summed E-state index contributed by atoms with van der Waals surface area (Å²) in [6, 6.07) is 18.6. The van der Waals surface area contributed by atoms with Crippen LogP contribution in [0, 0.1) is 17.1 Å². The number of amides is 1. The van der Waals surface area contributed by atoms with E-state index in [0.29, 0.717) is 31.5 Å². The van der Waals surface area contributed by atoms with E-state index in [1.54, 1.807) is 48.5 Å². The van der Waals surface area contributed by atoms with Crippen molar-refractivity contribution in [1.29, 1.82) is 5.26 Å². The third kappa shape index (κ3) is 6.50. The van der Waals surface area contributed by atoms with Crippen LogP contribution in [0.4, 0.5) is 10.1 Å². The van der Waals surface area contributed by atoms with E-state index in [1.807, 2.05) is 6.07 Å². The van der Waals surface area contributed by atoms with Crippen LogP contribution in [0.2, 0.25) is 0 Å². The van der Waals surface area contributed by atoms with Crippen LogP contribution in [0.25, 0.3) is 6.08 Å². The number of rotatable bonds is 6. The van der Waals surface area contributed by atoms with Gasteiger partial charge in [0, 0.05) is 10.2 Å². The summed E-state index contributed by atoms with van der Waals surface area (Å²) in [5, 5.41) is 12.1. The molecule has 156 valence electrons. The van der Waals surface area contributed by atoms with E-state index >= 15 is 0 Å². The molecule has 0 unspecified atom stereocenters. The van der Waals surface area contributed by atoms with Crippen LogP contribution in [0.5, 0.6) is 5.75 Å². The summed E-state index contributed by atoms with van der Waals surface area (Å²) in [6.07, 6.45) is 1.49. The van der Waals surface area contributed by atoms with E-state index in [4.69, 9.17) is 4.74 Å². The van der Waals surface area contributed by atoms with Gasteiger partial charge in [-0.15, -0.1) is 0 Å². The Labute approximate surface area is 204 Å². The largest absolute Gasteiger partial charge is 0.487 e. The lowest BCUT2D eigenvalue weighted by Crippen LogP contribution is -2.13. The summed E-state index contributed by atoms with van der Waals surface area (Å²) in [5.74, 6) is -0.312. The first-order chi connectivity index (χ1) is 14.9. The average Bonchev–Trinajstić information content (AvgIpc) is 2.73. The number of benzene rings is 3. The van der Waals surface area contributed by atoms with Gasteiger partial charge in [0.15, 0.2) is 0 Å². The zero-order valence-corrected chi connectivity index (χ0v) is 20.6. The van der Waals surface area contributed by atoms with E-state index in [2.05, 4.69) is 53.1 Å². The molecule has 3 rings (SSSR count). The minimum atomic E-state index is -0.511. The number of nitriles is 1. The lowest BCUT2D eigenvalue weighted by molar-refractivity contribution is -0.112. The first-order valence-electron chi connectivity index (χ1n) is 8.90. The van der Waals surface area contributed by atoms with Gasteiger partial charge in [-0.2, -0.15) is 5.26 Å². The van der Waals surface area contributed by atoms with Crippen LogP contribution in [0.15, 0.2) is 79.7 Å². The highest BCUT2D eigenvalue weighted by atomic mass is 79.9. The second kappa shape index (κ2) is 10.7. The van der Waals surface area contributed by atoms with E-state index in [1.165, 1.54) is 18.2 Å². The minimum Gasteiger partial charge on any atom is -0.487 e. The van der Waals surface area contributed by atoms with Crippen molar-refractivity contribution in [2.45, 2.75) is 6.61 Å². The summed E-state index contributed by atoms with van der Waals surface area (Å²) in [7, 11) is 0. The molecule has 0 heterocycles. The summed E-state index contributed by atoms with van der Waals surface area (Å²) >= 11 is 10.2. The van der Waals surface area contributed by atoms with E-state index in [9.17, 15) is 14.4 Å². The lowest BCUT2D eigenvalue weighted by atomic mass is 10.1. The van der Waals surface area contributed by atoms with Crippen molar-refractivity contribution in [2.75, 3.05) is 5.32 Å². The van der Waals surface area contributed by atoms with Gasteiger partial charge in [-0.1, -0.05) is 28.1 Å². The standard InChI is InChI=1S/C23H14Br3FN2O2/c24-17-4-6-19(7-5-17)29-23(30)16(12-28)8-15-10-20(25)22(21(26)11-15)31-13-14-2-1-3-18(27)9-14/h1-11H,13H2,(H,29,30)/b16-8-. The Morgan fingerprint density at radius 3 is 2.35 bits per heavy atom. The van der Waals surface area contributed by atoms with Gasteiger partial charge in [0.05, 0.1) is 8.95 Å². The molecule has 0 aliphatic rings. The van der Waals surface area contributed by atoms with Crippen LogP contribution in [0.1, 0.15) is 11.1 Å². The smallest absolute Gasteiger partial charge is 0.266 e. The molecule has 8 heteroatoms. The zero-order valence-electron chi connectivity index (χ0n) is 15.8. The molecule has 0 fully saturated rings. The van der Waals surface area contributed by atoms with Gasteiger partial charge in [0.25, 0.3) is 5.91 Å². The summed E-state index contributed by atoms with van der Waals surface area (Å²) in [5.41, 5.74) is 1.85. The molecule has 4 nitrogen and oxygen atoms in total. The molecule has 0 aromatic heterocycles. The van der Waals surface area contributed by atoms with E-state index < -0.39 is 5.91 Å². The SMILES string of the molecule is N#C/C(=C/c1cc(Br)c(OCc2cccc(F)c2)c(Br)c1)C(=O)Nc1ccc(Br)cc1. The van der Waals surface area contributed by atoms with E-state index in [0.717, 1.165) is 4.47 Å². The quantitative estimate of drug-likeness (QED) is 0.237. The Kier molecular flexibility index (Phi) is 8.02. The van der Waals surface area contributed by atoms with Gasteiger partial charge in [0.1, 0.15) is 29.8 Å². The normalized spacial score (nSPS) is 11.0. The first-order valence-corrected chi connectivity index (χ1v) is 11.3. The number of anilines is 1. The number of halogens is 4. The predicted molar refractivity (Wildman–Crippen MR) is 129 cm³/mol. The highest BCUT2D eigenvalue weighted by molar-refractivity contribution is 9.11. The fourth-order valence-electron chi connectivity index (χ4n) is 2.63. The number of hydrogen-bond donors (Lipinski definition) is 1. The molecule has 0 radical (unpaired) electrons. The van der Waals surface area contributed by atoms with Crippen molar-refractivity contribution < 1.29 is 13.9 Å². The maximum Gasteiger partial charge on any atom is 0.266 e. The molecule has 3 aromatic rings. The fourth-order valence-corrected chi connectivity index (χ4v) is 4.35. The molecule has 31 heavy (non-hydrogen) atoms. The Balaban J connectivity index is 1.76. The van der Waals surface area contributed by atoms with Gasteiger partial charge >= 0.3 is 0 Å². The Morgan fingerprint density at radius 1 is 1.06 bits per heavy atom. The first kappa shape index (κ1) is 23.2. The Hall–Kier alpha value is -2.47. The van der Waals surface area contributed by atoms with Gasteiger partial charge < -0.3 is 10.1 Å². The third-order valence-electron chi connectivity index (χ3n) is 4.07. The van der Waals surface area contributed by atoms with Crippen molar-refractivity contribution in [1.82, 2.24) is 0 Å². The van der Waals surface area contributed by atoms with Crippen LogP contribution in [-0.4, -0.2) is 5.91 Å². The summed E-state index contributed by atoms with van der Waals surface area (Å²) in [6.45, 7) is 0.184. The molecule has 0 atom stereocenters. The molecule has 1 amide bonds. The number of nitrogens with zero attached hydrogens (tertiary/aromatic N) is 1.